The summed E-state index contributed by atoms with van der Waals surface area (Å²) in [6, 6.07) is 7.39. The smallest absolute Gasteiger partial charge is 0.341 e. The average Bonchev–Trinajstić information content (AvgIpc) is 2.99. The third-order valence-electron chi connectivity index (χ3n) is 4.60. The molecule has 0 spiro atoms. The minimum atomic E-state index is -0.353. The van der Waals surface area contributed by atoms with Crippen LogP contribution in [0.5, 0.6) is 0 Å². The Bertz CT molecular complexity index is 811. The maximum atomic E-state index is 12.6. The maximum absolute atomic E-state index is 12.6. The first-order chi connectivity index (χ1) is 12.5. The summed E-state index contributed by atoms with van der Waals surface area (Å²) in [5.74, 6) is -0.560. The van der Waals surface area contributed by atoms with Gasteiger partial charge in [0.05, 0.1) is 12.2 Å². The van der Waals surface area contributed by atoms with Gasteiger partial charge in [-0.3, -0.25) is 9.69 Å². The van der Waals surface area contributed by atoms with E-state index < -0.39 is 0 Å². The van der Waals surface area contributed by atoms with Crippen LogP contribution in [0, 0.1) is 6.92 Å². The Morgan fingerprint density at radius 1 is 1.23 bits per heavy atom. The largest absolute Gasteiger partial charge is 0.462 e. The van der Waals surface area contributed by atoms with Gasteiger partial charge in [0.25, 0.3) is 5.91 Å². The Morgan fingerprint density at radius 2 is 1.96 bits per heavy atom. The predicted molar refractivity (Wildman–Crippen MR) is 104 cm³/mol. The van der Waals surface area contributed by atoms with Gasteiger partial charge < -0.3 is 10.1 Å². The number of hydrogen-bond donors (Lipinski definition) is 1. The zero-order valence-electron chi connectivity index (χ0n) is 15.4. The molecular weight excluding hydrogens is 348 g/mol. The molecule has 1 amide bonds. The summed E-state index contributed by atoms with van der Waals surface area (Å²) in [5, 5.41) is 3.53. The van der Waals surface area contributed by atoms with Crippen molar-refractivity contribution in [2.24, 2.45) is 0 Å². The van der Waals surface area contributed by atoms with Crippen LogP contribution in [-0.4, -0.2) is 36.5 Å². The van der Waals surface area contributed by atoms with Gasteiger partial charge in [0.1, 0.15) is 5.00 Å². The number of fused-ring (bicyclic) bond motifs is 1. The number of rotatable bonds is 5. The number of benzene rings is 1. The van der Waals surface area contributed by atoms with E-state index in [-0.39, 0.29) is 11.9 Å². The van der Waals surface area contributed by atoms with Crippen molar-refractivity contribution < 1.29 is 14.3 Å². The molecular formula is C20H24N2O3S. The second-order valence-electron chi connectivity index (χ2n) is 6.37. The zero-order valence-corrected chi connectivity index (χ0v) is 16.2. The molecule has 0 unspecified atom stereocenters. The fraction of sp³-hybridized carbons (Fsp3) is 0.400. The van der Waals surface area contributed by atoms with E-state index in [2.05, 4.69) is 17.1 Å². The standard InChI is InChI=1S/C20H24N2O3S/c1-4-22-11-10-15-16(12-22)26-19(17(15)20(24)25-5-2)21-18(23)14-8-6-13(3)7-9-14/h6-9H,4-5,10-12H2,1-3H3,(H,21,23). The van der Waals surface area contributed by atoms with Crippen molar-refractivity contribution in [3.05, 3.63) is 51.4 Å². The number of ether oxygens (including phenoxy) is 1. The molecule has 1 aromatic carbocycles. The highest BCUT2D eigenvalue weighted by Crippen LogP contribution is 2.37. The lowest BCUT2D eigenvalue weighted by atomic mass is 10.0. The van der Waals surface area contributed by atoms with Crippen molar-refractivity contribution in [3.63, 3.8) is 0 Å². The van der Waals surface area contributed by atoms with Crippen molar-refractivity contribution in [1.29, 1.82) is 0 Å². The average molecular weight is 372 g/mol. The quantitative estimate of drug-likeness (QED) is 0.810. The number of aryl methyl sites for hydroxylation is 1. The molecule has 138 valence electrons. The van der Waals surface area contributed by atoms with Crippen LogP contribution in [0.3, 0.4) is 0 Å². The van der Waals surface area contributed by atoms with Crippen LogP contribution in [0.15, 0.2) is 24.3 Å². The lowest BCUT2D eigenvalue weighted by Crippen LogP contribution is -2.30. The Balaban J connectivity index is 1.92. The van der Waals surface area contributed by atoms with E-state index in [0.717, 1.165) is 42.1 Å². The monoisotopic (exact) mass is 372 g/mol. The van der Waals surface area contributed by atoms with E-state index in [0.29, 0.717) is 22.7 Å². The summed E-state index contributed by atoms with van der Waals surface area (Å²) < 4.78 is 5.25. The lowest BCUT2D eigenvalue weighted by Gasteiger charge is -2.25. The molecule has 0 atom stereocenters. The normalized spacial score (nSPS) is 14.0. The first-order valence-electron chi connectivity index (χ1n) is 8.95. The van der Waals surface area contributed by atoms with Gasteiger partial charge in [-0.2, -0.15) is 0 Å². The number of esters is 1. The van der Waals surface area contributed by atoms with Gasteiger partial charge in [0.15, 0.2) is 0 Å². The Hall–Kier alpha value is -2.18. The Morgan fingerprint density at radius 3 is 2.62 bits per heavy atom. The number of likely N-dealkylation sites (N-methyl/N-ethyl adjacent to an activating group) is 1. The lowest BCUT2D eigenvalue weighted by molar-refractivity contribution is 0.0526. The second-order valence-corrected chi connectivity index (χ2v) is 7.47. The summed E-state index contributed by atoms with van der Waals surface area (Å²) in [6.07, 6.45) is 0.800. The number of anilines is 1. The topological polar surface area (TPSA) is 58.6 Å². The van der Waals surface area contributed by atoms with Gasteiger partial charge in [0.2, 0.25) is 0 Å². The molecule has 0 radical (unpaired) electrons. The van der Waals surface area contributed by atoms with Crippen LogP contribution < -0.4 is 5.32 Å². The van der Waals surface area contributed by atoms with Gasteiger partial charge in [-0.1, -0.05) is 24.6 Å². The zero-order chi connectivity index (χ0) is 18.7. The van der Waals surface area contributed by atoms with E-state index in [1.165, 1.54) is 11.3 Å². The Labute approximate surface area is 158 Å². The van der Waals surface area contributed by atoms with Crippen molar-refractivity contribution in [2.75, 3.05) is 25.0 Å². The number of carbonyl (C=O) groups is 2. The van der Waals surface area contributed by atoms with Gasteiger partial charge in [-0.05, 0) is 44.5 Å². The van der Waals surface area contributed by atoms with Crippen LogP contribution >= 0.6 is 11.3 Å². The van der Waals surface area contributed by atoms with Gasteiger partial charge in [-0.15, -0.1) is 11.3 Å². The molecule has 0 aliphatic carbocycles. The minimum absolute atomic E-state index is 0.207. The Kier molecular flexibility index (Phi) is 5.74. The fourth-order valence-corrected chi connectivity index (χ4v) is 4.39. The number of carbonyl (C=O) groups excluding carboxylic acids is 2. The van der Waals surface area contributed by atoms with Gasteiger partial charge in [0, 0.05) is 23.5 Å². The van der Waals surface area contributed by atoms with Crippen LogP contribution in [0.2, 0.25) is 0 Å². The molecule has 0 saturated heterocycles. The first-order valence-corrected chi connectivity index (χ1v) is 9.77. The van der Waals surface area contributed by atoms with Crippen molar-refractivity contribution in [3.8, 4) is 0 Å². The summed E-state index contributed by atoms with van der Waals surface area (Å²) in [7, 11) is 0. The van der Waals surface area contributed by atoms with Crippen molar-refractivity contribution in [2.45, 2.75) is 33.7 Å². The van der Waals surface area contributed by atoms with Crippen molar-refractivity contribution in [1.82, 2.24) is 4.90 Å². The van der Waals surface area contributed by atoms with E-state index in [9.17, 15) is 9.59 Å². The van der Waals surface area contributed by atoms with E-state index in [4.69, 9.17) is 4.74 Å². The second kappa shape index (κ2) is 8.01. The minimum Gasteiger partial charge on any atom is -0.462 e. The summed E-state index contributed by atoms with van der Waals surface area (Å²) in [4.78, 5) is 28.6. The van der Waals surface area contributed by atoms with E-state index in [1.54, 1.807) is 19.1 Å². The van der Waals surface area contributed by atoms with Crippen LogP contribution in [-0.2, 0) is 17.7 Å². The van der Waals surface area contributed by atoms with Crippen molar-refractivity contribution >= 4 is 28.2 Å². The first kappa shape index (κ1) is 18.6. The molecule has 5 nitrogen and oxygen atoms in total. The molecule has 2 heterocycles. The summed E-state index contributed by atoms with van der Waals surface area (Å²) in [6.45, 7) is 8.91. The van der Waals surface area contributed by atoms with Crippen LogP contribution in [0.1, 0.15) is 50.6 Å². The van der Waals surface area contributed by atoms with Crippen LogP contribution in [0.25, 0.3) is 0 Å². The third kappa shape index (κ3) is 3.81. The third-order valence-corrected chi connectivity index (χ3v) is 5.74. The molecule has 2 aromatic rings. The maximum Gasteiger partial charge on any atom is 0.341 e. The van der Waals surface area contributed by atoms with Gasteiger partial charge >= 0.3 is 5.97 Å². The van der Waals surface area contributed by atoms with E-state index in [1.807, 2.05) is 19.1 Å². The molecule has 3 rings (SSSR count). The molecule has 0 saturated carbocycles. The number of hydrogen-bond acceptors (Lipinski definition) is 5. The number of amides is 1. The molecule has 1 N–H and O–H groups in total. The highest BCUT2D eigenvalue weighted by Gasteiger charge is 2.29. The highest BCUT2D eigenvalue weighted by molar-refractivity contribution is 7.17. The molecule has 6 heteroatoms. The van der Waals surface area contributed by atoms with E-state index >= 15 is 0 Å². The fourth-order valence-electron chi connectivity index (χ4n) is 3.11. The van der Waals surface area contributed by atoms with Gasteiger partial charge in [-0.25, -0.2) is 4.79 Å². The summed E-state index contributed by atoms with van der Waals surface area (Å²) >= 11 is 1.49. The number of nitrogens with zero attached hydrogens (tertiary/aromatic N) is 1. The predicted octanol–water partition coefficient (Wildman–Crippen LogP) is 3.86. The molecule has 26 heavy (non-hydrogen) atoms. The number of thiophene rings is 1. The molecule has 1 aromatic heterocycles. The molecule has 0 fully saturated rings. The highest BCUT2D eigenvalue weighted by atomic mass is 32.1. The number of nitrogens with one attached hydrogen (secondary N) is 1. The van der Waals surface area contributed by atoms with Crippen LogP contribution in [0.4, 0.5) is 5.00 Å². The molecule has 1 aliphatic heterocycles. The summed E-state index contributed by atoms with van der Waals surface area (Å²) in [5.41, 5.74) is 3.23. The molecule has 1 aliphatic rings. The molecule has 0 bridgehead atoms. The SMILES string of the molecule is CCOC(=O)c1c(NC(=O)c2ccc(C)cc2)sc2c1CCN(CC)C2.